The van der Waals surface area contributed by atoms with Crippen LogP contribution in [-0.4, -0.2) is 55.1 Å². The fourth-order valence-electron chi connectivity index (χ4n) is 2.11. The third-order valence-corrected chi connectivity index (χ3v) is 5.04. The number of nitrogens with zero attached hydrogens (tertiary/aromatic N) is 2. The summed E-state index contributed by atoms with van der Waals surface area (Å²) >= 11 is 0. The maximum absolute atomic E-state index is 12.4. The molecule has 1 unspecified atom stereocenters. The number of carboxylic acids is 1. The zero-order valence-corrected chi connectivity index (χ0v) is 11.8. The molecule has 0 spiro atoms. The zero-order chi connectivity index (χ0) is 14.8. The quantitative estimate of drug-likeness (QED) is 0.873. The van der Waals surface area contributed by atoms with Crippen molar-refractivity contribution in [3.05, 3.63) is 23.9 Å². The van der Waals surface area contributed by atoms with Gasteiger partial charge in [0, 0.05) is 26.4 Å². The molecule has 1 aromatic heterocycles. The first-order chi connectivity index (χ1) is 9.45. The molecule has 1 aliphatic rings. The number of piperidine rings is 1. The Kier molecular flexibility index (Phi) is 4.36. The van der Waals surface area contributed by atoms with E-state index in [2.05, 4.69) is 4.98 Å². The molecule has 20 heavy (non-hydrogen) atoms. The van der Waals surface area contributed by atoms with Gasteiger partial charge in [0.05, 0.1) is 11.7 Å². The molecule has 1 fully saturated rings. The fourth-order valence-corrected chi connectivity index (χ4v) is 3.53. The van der Waals surface area contributed by atoms with Crippen LogP contribution in [0.1, 0.15) is 23.2 Å². The normalized spacial score (nSPS) is 20.8. The first kappa shape index (κ1) is 14.9. The maximum Gasteiger partial charge on any atom is 0.337 e. The molecule has 2 rings (SSSR count). The number of carboxylic acid groups (broad SMARTS) is 1. The van der Waals surface area contributed by atoms with Gasteiger partial charge in [-0.15, -0.1) is 0 Å². The lowest BCUT2D eigenvalue weighted by Crippen LogP contribution is -2.43. The van der Waals surface area contributed by atoms with Crippen LogP contribution < -0.4 is 0 Å². The van der Waals surface area contributed by atoms with Crippen molar-refractivity contribution in [2.24, 2.45) is 0 Å². The minimum atomic E-state index is -3.70. The van der Waals surface area contributed by atoms with Crippen molar-refractivity contribution in [1.29, 1.82) is 0 Å². The number of hydrogen-bond donors (Lipinski definition) is 1. The van der Waals surface area contributed by atoms with Crippen molar-refractivity contribution >= 4 is 16.0 Å². The number of pyridine rings is 1. The molecule has 8 heteroatoms. The van der Waals surface area contributed by atoms with Gasteiger partial charge in [-0.1, -0.05) is 0 Å². The van der Waals surface area contributed by atoms with Crippen molar-refractivity contribution in [3.8, 4) is 0 Å². The second-order valence-corrected chi connectivity index (χ2v) is 6.44. The van der Waals surface area contributed by atoms with Gasteiger partial charge in [0.25, 0.3) is 10.0 Å². The first-order valence-corrected chi connectivity index (χ1v) is 7.61. The molecule has 0 bridgehead atoms. The van der Waals surface area contributed by atoms with Crippen LogP contribution in [0.25, 0.3) is 0 Å². The van der Waals surface area contributed by atoms with E-state index in [1.165, 1.54) is 16.4 Å². The molecule has 1 saturated heterocycles. The minimum Gasteiger partial charge on any atom is -0.478 e. The van der Waals surface area contributed by atoms with Crippen LogP contribution in [0.15, 0.2) is 23.4 Å². The van der Waals surface area contributed by atoms with Gasteiger partial charge in [-0.25, -0.2) is 18.2 Å². The lowest BCUT2D eigenvalue weighted by molar-refractivity contribution is 0.0571. The van der Waals surface area contributed by atoms with Gasteiger partial charge in [0.1, 0.15) is 0 Å². The van der Waals surface area contributed by atoms with Gasteiger partial charge in [-0.3, -0.25) is 0 Å². The Morgan fingerprint density at radius 1 is 1.50 bits per heavy atom. The molecule has 1 atom stereocenters. The summed E-state index contributed by atoms with van der Waals surface area (Å²) in [7, 11) is -2.14. The van der Waals surface area contributed by atoms with Gasteiger partial charge in [0.2, 0.25) is 0 Å². The summed E-state index contributed by atoms with van der Waals surface area (Å²) in [4.78, 5) is 14.5. The van der Waals surface area contributed by atoms with E-state index in [1.54, 1.807) is 7.11 Å². The first-order valence-electron chi connectivity index (χ1n) is 6.17. The lowest BCUT2D eigenvalue weighted by Gasteiger charge is -2.30. The molecule has 2 heterocycles. The monoisotopic (exact) mass is 300 g/mol. The smallest absolute Gasteiger partial charge is 0.337 e. The van der Waals surface area contributed by atoms with E-state index in [0.29, 0.717) is 13.1 Å². The average Bonchev–Trinajstić information content (AvgIpc) is 2.47. The number of aromatic carboxylic acids is 1. The maximum atomic E-state index is 12.4. The SMILES string of the molecule is COC1CCCN(S(=O)(=O)c2ccc(C(=O)O)cn2)C1. The topological polar surface area (TPSA) is 96.8 Å². The third-order valence-electron chi connectivity index (χ3n) is 3.26. The second-order valence-electron chi connectivity index (χ2n) is 4.55. The summed E-state index contributed by atoms with van der Waals surface area (Å²) in [5.74, 6) is -1.14. The highest BCUT2D eigenvalue weighted by molar-refractivity contribution is 7.89. The molecule has 0 aliphatic carbocycles. The molecule has 1 aromatic rings. The van der Waals surface area contributed by atoms with E-state index in [1.807, 2.05) is 0 Å². The molecule has 0 radical (unpaired) electrons. The number of carbonyl (C=O) groups is 1. The highest BCUT2D eigenvalue weighted by Gasteiger charge is 2.31. The molecule has 110 valence electrons. The van der Waals surface area contributed by atoms with E-state index in [4.69, 9.17) is 9.84 Å². The van der Waals surface area contributed by atoms with E-state index in [9.17, 15) is 13.2 Å². The van der Waals surface area contributed by atoms with Crippen molar-refractivity contribution in [2.45, 2.75) is 24.0 Å². The number of methoxy groups -OCH3 is 1. The Labute approximate surface area is 117 Å². The fraction of sp³-hybridized carbons (Fsp3) is 0.500. The van der Waals surface area contributed by atoms with Crippen LogP contribution in [0.2, 0.25) is 0 Å². The molecular weight excluding hydrogens is 284 g/mol. The Morgan fingerprint density at radius 2 is 2.25 bits per heavy atom. The Hall–Kier alpha value is -1.51. The van der Waals surface area contributed by atoms with Crippen molar-refractivity contribution in [3.63, 3.8) is 0 Å². The number of aromatic nitrogens is 1. The number of hydrogen-bond acceptors (Lipinski definition) is 5. The minimum absolute atomic E-state index is 0.0441. The standard InChI is InChI=1S/C12H16N2O5S/c1-19-10-3-2-6-14(8-10)20(17,18)11-5-4-9(7-13-11)12(15)16/h4-5,7,10H,2-3,6,8H2,1H3,(H,15,16). The number of ether oxygens (including phenoxy) is 1. The molecule has 1 N–H and O–H groups in total. The van der Waals surface area contributed by atoms with Crippen LogP contribution >= 0.6 is 0 Å². The highest BCUT2D eigenvalue weighted by Crippen LogP contribution is 2.20. The number of sulfonamides is 1. The van der Waals surface area contributed by atoms with E-state index in [0.717, 1.165) is 19.0 Å². The molecule has 0 saturated carbocycles. The van der Waals surface area contributed by atoms with E-state index < -0.39 is 16.0 Å². The highest BCUT2D eigenvalue weighted by atomic mass is 32.2. The predicted molar refractivity (Wildman–Crippen MR) is 70.0 cm³/mol. The van der Waals surface area contributed by atoms with Crippen molar-refractivity contribution in [2.75, 3.05) is 20.2 Å². The predicted octanol–water partition coefficient (Wildman–Crippen LogP) is 0.579. The van der Waals surface area contributed by atoms with Gasteiger partial charge in [-0.2, -0.15) is 4.31 Å². The van der Waals surface area contributed by atoms with Crippen LogP contribution in [-0.2, 0) is 14.8 Å². The molecule has 0 aromatic carbocycles. The summed E-state index contributed by atoms with van der Waals surface area (Å²) in [5.41, 5.74) is -0.0441. The Balaban J connectivity index is 2.23. The van der Waals surface area contributed by atoms with Crippen molar-refractivity contribution < 1.29 is 23.1 Å². The largest absolute Gasteiger partial charge is 0.478 e. The van der Waals surface area contributed by atoms with Crippen LogP contribution in [0.5, 0.6) is 0 Å². The van der Waals surface area contributed by atoms with Gasteiger partial charge in [-0.05, 0) is 25.0 Å². The third kappa shape index (κ3) is 2.97. The van der Waals surface area contributed by atoms with Gasteiger partial charge < -0.3 is 9.84 Å². The average molecular weight is 300 g/mol. The molecular formula is C12H16N2O5S. The van der Waals surface area contributed by atoms with Gasteiger partial charge in [0.15, 0.2) is 5.03 Å². The molecule has 7 nitrogen and oxygen atoms in total. The summed E-state index contributed by atoms with van der Waals surface area (Å²) in [6, 6.07) is 2.45. The summed E-state index contributed by atoms with van der Waals surface area (Å²) in [6.45, 7) is 0.714. The van der Waals surface area contributed by atoms with Gasteiger partial charge >= 0.3 is 5.97 Å². The van der Waals surface area contributed by atoms with Crippen LogP contribution in [0.4, 0.5) is 0 Å². The summed E-state index contributed by atoms with van der Waals surface area (Å²) in [6.07, 6.45) is 2.49. The van der Waals surface area contributed by atoms with Crippen LogP contribution in [0.3, 0.4) is 0 Å². The summed E-state index contributed by atoms with van der Waals surface area (Å²) < 4.78 is 31.3. The molecule has 1 aliphatic heterocycles. The Morgan fingerprint density at radius 3 is 2.80 bits per heavy atom. The summed E-state index contributed by atoms with van der Waals surface area (Å²) in [5, 5.41) is 8.64. The van der Waals surface area contributed by atoms with E-state index in [-0.39, 0.29) is 16.7 Å². The number of rotatable bonds is 4. The Bertz CT molecular complexity index is 584. The second kappa shape index (κ2) is 5.86. The molecule has 0 amide bonds. The lowest BCUT2D eigenvalue weighted by atomic mass is 10.1. The van der Waals surface area contributed by atoms with Crippen LogP contribution in [0, 0.1) is 0 Å². The van der Waals surface area contributed by atoms with Crippen molar-refractivity contribution in [1.82, 2.24) is 9.29 Å². The van der Waals surface area contributed by atoms with E-state index >= 15 is 0 Å². The zero-order valence-electron chi connectivity index (χ0n) is 11.0.